The van der Waals surface area contributed by atoms with E-state index in [0.29, 0.717) is 0 Å². The van der Waals surface area contributed by atoms with E-state index < -0.39 is 5.97 Å². The van der Waals surface area contributed by atoms with E-state index in [2.05, 4.69) is 29.4 Å². The fourth-order valence-corrected chi connectivity index (χ4v) is 2.21. The topological polar surface area (TPSA) is 61.4 Å². The van der Waals surface area contributed by atoms with Crippen LogP contribution in [0.1, 0.15) is 12.0 Å². The van der Waals surface area contributed by atoms with Crippen molar-refractivity contribution in [1.29, 1.82) is 0 Å². The molecule has 0 aliphatic carbocycles. The summed E-state index contributed by atoms with van der Waals surface area (Å²) in [5.74, 6) is 1.62. The molecule has 1 heterocycles. The van der Waals surface area contributed by atoms with Gasteiger partial charge in [0, 0.05) is 17.5 Å². The Kier molecular flexibility index (Phi) is 13.7. The summed E-state index contributed by atoms with van der Waals surface area (Å²) < 4.78 is 0. The van der Waals surface area contributed by atoms with E-state index in [0.717, 1.165) is 17.3 Å². The van der Waals surface area contributed by atoms with Crippen LogP contribution >= 0.6 is 11.8 Å². The Morgan fingerprint density at radius 1 is 1.26 bits per heavy atom. The fraction of sp³-hybridized carbons (Fsp3) is 0.278. The van der Waals surface area contributed by atoms with E-state index >= 15 is 0 Å². The molecule has 1 aromatic carbocycles. The first kappa shape index (κ1) is 21.0. The first-order valence-electron chi connectivity index (χ1n) is 7.33. The number of carboxylic acid groups (broad SMARTS) is 1. The minimum Gasteiger partial charge on any atom is -0.478 e. The Morgan fingerprint density at radius 3 is 2.26 bits per heavy atom. The molecule has 1 aliphatic heterocycles. The highest BCUT2D eigenvalue weighted by Gasteiger charge is 1.90. The van der Waals surface area contributed by atoms with Crippen molar-refractivity contribution in [2.75, 3.05) is 30.9 Å². The minimum absolute atomic E-state index is 0.849. The number of allylic oxidation sites excluding steroid dienone is 1. The number of hydrogen-bond donors (Lipinski definition) is 3. The zero-order valence-corrected chi connectivity index (χ0v) is 14.6. The molecular formula is C18H26N2O2S. The van der Waals surface area contributed by atoms with Gasteiger partial charge in [-0.05, 0) is 56.2 Å². The summed E-state index contributed by atoms with van der Waals surface area (Å²) in [7, 11) is 3.75. The van der Waals surface area contributed by atoms with Crippen molar-refractivity contribution >= 4 is 29.5 Å². The molecule has 23 heavy (non-hydrogen) atoms. The third-order valence-corrected chi connectivity index (χ3v) is 3.36. The third kappa shape index (κ3) is 13.4. The molecule has 0 aromatic heterocycles. The maximum atomic E-state index is 10.2. The van der Waals surface area contributed by atoms with Gasteiger partial charge in [0.05, 0.1) is 0 Å². The molecule has 0 bridgehead atoms. The number of rotatable bonds is 4. The number of benzene rings is 1. The number of nitrogens with one attached hydrogen (secondary N) is 2. The average Bonchev–Trinajstić information content (AvgIpc) is 2.57. The molecule has 3 N–H and O–H groups in total. The summed E-state index contributed by atoms with van der Waals surface area (Å²) in [5.41, 5.74) is 1.77. The third-order valence-electron chi connectivity index (χ3n) is 2.41. The Hall–Kier alpha value is -1.98. The van der Waals surface area contributed by atoms with Crippen molar-refractivity contribution in [2.24, 2.45) is 0 Å². The Bertz CT molecular complexity index is 488. The summed E-state index contributed by atoms with van der Waals surface area (Å²) >= 11 is 2.01. The lowest BCUT2D eigenvalue weighted by atomic mass is 10.2. The lowest BCUT2D eigenvalue weighted by Crippen LogP contribution is -1.89. The number of aliphatic carboxylic acids is 1. The van der Waals surface area contributed by atoms with Crippen LogP contribution in [-0.2, 0) is 4.79 Å². The van der Waals surface area contributed by atoms with Gasteiger partial charge in [0.15, 0.2) is 0 Å². The molecule has 0 saturated heterocycles. The van der Waals surface area contributed by atoms with E-state index in [-0.39, 0.29) is 0 Å². The second kappa shape index (κ2) is 14.9. The van der Waals surface area contributed by atoms with E-state index in [4.69, 9.17) is 5.11 Å². The predicted octanol–water partition coefficient (Wildman–Crippen LogP) is 3.85. The summed E-state index contributed by atoms with van der Waals surface area (Å²) in [6, 6.07) is 7.35. The lowest BCUT2D eigenvalue weighted by Gasteiger charge is -1.99. The van der Waals surface area contributed by atoms with Gasteiger partial charge in [-0.25, -0.2) is 4.79 Å². The first-order chi connectivity index (χ1) is 11.1. The predicted molar refractivity (Wildman–Crippen MR) is 103 cm³/mol. The number of carboxylic acids is 1. The maximum absolute atomic E-state index is 10.2. The van der Waals surface area contributed by atoms with Gasteiger partial charge in [0.25, 0.3) is 0 Å². The maximum Gasteiger partial charge on any atom is 0.328 e. The highest BCUT2D eigenvalue weighted by atomic mass is 32.2. The molecule has 1 aromatic rings. The number of hydrogen-bond acceptors (Lipinski definition) is 4. The normalized spacial score (nSPS) is 12.4. The smallest absolute Gasteiger partial charge is 0.328 e. The lowest BCUT2D eigenvalue weighted by molar-refractivity contribution is -0.131. The standard InChI is InChI=1S/C11H11NO2.C5H8S.C2H7N/c1-2-12-10-6-3-9(4-7-10)5-8-11(13)14;1-2-4-6-5-3-1;1-3-2/h2-8,12H,1H2,(H,13,14);1-2H,3-5H2;3H,1-2H3/b8-5+;;. The summed E-state index contributed by atoms with van der Waals surface area (Å²) in [5, 5.41) is 14.1. The number of anilines is 1. The van der Waals surface area contributed by atoms with Crippen LogP contribution in [-0.4, -0.2) is 36.7 Å². The van der Waals surface area contributed by atoms with Crippen molar-refractivity contribution in [3.05, 3.63) is 60.8 Å². The SMILES string of the molecule is C1=CCSCC1.C=CNc1ccc(/C=C/C(=O)O)cc1.CNC. The molecule has 0 spiro atoms. The van der Waals surface area contributed by atoms with Gasteiger partial charge in [-0.1, -0.05) is 30.9 Å². The molecule has 2 rings (SSSR count). The van der Waals surface area contributed by atoms with Crippen molar-refractivity contribution in [2.45, 2.75) is 6.42 Å². The van der Waals surface area contributed by atoms with Crippen LogP contribution in [0.25, 0.3) is 6.08 Å². The van der Waals surface area contributed by atoms with Crippen molar-refractivity contribution in [1.82, 2.24) is 5.32 Å². The minimum atomic E-state index is -0.946. The highest BCUT2D eigenvalue weighted by molar-refractivity contribution is 7.99. The summed E-state index contributed by atoms with van der Waals surface area (Å²) in [4.78, 5) is 10.2. The molecular weight excluding hydrogens is 308 g/mol. The largest absolute Gasteiger partial charge is 0.478 e. The van der Waals surface area contributed by atoms with Gasteiger partial charge in [-0.2, -0.15) is 11.8 Å². The van der Waals surface area contributed by atoms with Crippen LogP contribution in [0.5, 0.6) is 0 Å². The molecule has 0 radical (unpaired) electrons. The molecule has 0 saturated carbocycles. The number of thioether (sulfide) groups is 1. The van der Waals surface area contributed by atoms with Crippen LogP contribution in [0.15, 0.2) is 55.3 Å². The molecule has 1 aliphatic rings. The molecule has 4 nitrogen and oxygen atoms in total. The van der Waals surface area contributed by atoms with Crippen LogP contribution in [0.4, 0.5) is 5.69 Å². The second-order valence-electron chi connectivity index (χ2n) is 4.48. The summed E-state index contributed by atoms with van der Waals surface area (Å²) in [6.45, 7) is 3.54. The van der Waals surface area contributed by atoms with E-state index in [9.17, 15) is 4.79 Å². The Morgan fingerprint density at radius 2 is 1.91 bits per heavy atom. The molecule has 126 valence electrons. The van der Waals surface area contributed by atoms with Crippen molar-refractivity contribution in [3.63, 3.8) is 0 Å². The van der Waals surface area contributed by atoms with Gasteiger partial charge >= 0.3 is 5.97 Å². The van der Waals surface area contributed by atoms with Gasteiger partial charge in [0.1, 0.15) is 0 Å². The quantitative estimate of drug-likeness (QED) is 0.576. The fourth-order valence-electron chi connectivity index (χ4n) is 1.46. The second-order valence-corrected chi connectivity index (χ2v) is 5.63. The van der Waals surface area contributed by atoms with E-state index in [1.807, 2.05) is 50.1 Å². The van der Waals surface area contributed by atoms with Crippen LogP contribution in [0.2, 0.25) is 0 Å². The van der Waals surface area contributed by atoms with Gasteiger partial charge in [-0.3, -0.25) is 0 Å². The molecule has 0 unspecified atom stereocenters. The van der Waals surface area contributed by atoms with Crippen molar-refractivity contribution in [3.8, 4) is 0 Å². The van der Waals surface area contributed by atoms with Gasteiger partial charge < -0.3 is 15.7 Å². The molecule has 0 fully saturated rings. The zero-order valence-electron chi connectivity index (χ0n) is 13.8. The van der Waals surface area contributed by atoms with Crippen molar-refractivity contribution < 1.29 is 9.90 Å². The van der Waals surface area contributed by atoms with Gasteiger partial charge in [0.2, 0.25) is 0 Å². The van der Waals surface area contributed by atoms with Crippen LogP contribution in [0.3, 0.4) is 0 Å². The Labute approximate surface area is 143 Å². The van der Waals surface area contributed by atoms with E-state index in [1.165, 1.54) is 17.9 Å². The zero-order chi connectivity index (χ0) is 17.3. The van der Waals surface area contributed by atoms with Crippen LogP contribution < -0.4 is 10.6 Å². The average molecular weight is 334 g/mol. The monoisotopic (exact) mass is 334 g/mol. The first-order valence-corrected chi connectivity index (χ1v) is 8.49. The molecule has 0 amide bonds. The van der Waals surface area contributed by atoms with Gasteiger partial charge in [-0.15, -0.1) is 0 Å². The van der Waals surface area contributed by atoms with E-state index in [1.54, 1.807) is 12.3 Å². The molecule has 5 heteroatoms. The molecule has 0 atom stereocenters. The van der Waals surface area contributed by atoms with Crippen LogP contribution in [0, 0.1) is 0 Å². The Balaban J connectivity index is 0.000000442. The summed E-state index contributed by atoms with van der Waals surface area (Å²) in [6.07, 6.45) is 9.99. The highest BCUT2D eigenvalue weighted by Crippen LogP contribution is 2.10. The number of carbonyl (C=O) groups is 1.